The minimum absolute atomic E-state index is 0.0362. The van der Waals surface area contributed by atoms with Crippen molar-refractivity contribution in [2.75, 3.05) is 0 Å². The monoisotopic (exact) mass is 302 g/mol. The topological polar surface area (TPSA) is 56.7 Å². The number of aromatic nitrogens is 3. The summed E-state index contributed by atoms with van der Waals surface area (Å²) >= 11 is 0. The fourth-order valence-corrected chi connectivity index (χ4v) is 2.06. The van der Waals surface area contributed by atoms with Gasteiger partial charge in [-0.25, -0.2) is 4.39 Å². The lowest BCUT2D eigenvalue weighted by molar-refractivity contribution is -0.137. The minimum atomic E-state index is -4.55. The molecule has 0 bridgehead atoms. The molecule has 2 N–H and O–H groups in total. The van der Waals surface area contributed by atoms with Crippen LogP contribution in [0.2, 0.25) is 0 Å². The molecule has 114 valence electrons. The van der Waals surface area contributed by atoms with Crippen LogP contribution >= 0.6 is 0 Å². The molecule has 2 aromatic rings. The number of hydrogen-bond acceptors (Lipinski definition) is 3. The van der Waals surface area contributed by atoms with Gasteiger partial charge in [0.05, 0.1) is 17.7 Å². The summed E-state index contributed by atoms with van der Waals surface area (Å²) in [6.45, 7) is 3.64. The predicted molar refractivity (Wildman–Crippen MR) is 68.7 cm³/mol. The molecule has 0 saturated heterocycles. The van der Waals surface area contributed by atoms with E-state index >= 15 is 0 Å². The normalized spacial score (nSPS) is 12.2. The molecule has 0 amide bonds. The van der Waals surface area contributed by atoms with Crippen LogP contribution in [0.1, 0.15) is 31.3 Å². The number of nitrogens with two attached hydrogens (primary N) is 1. The first-order chi connectivity index (χ1) is 9.75. The molecule has 8 heteroatoms. The van der Waals surface area contributed by atoms with Gasteiger partial charge in [0.1, 0.15) is 11.6 Å². The average Bonchev–Trinajstić information content (AvgIpc) is 2.81. The highest BCUT2D eigenvalue weighted by atomic mass is 19.4. The van der Waals surface area contributed by atoms with Crippen molar-refractivity contribution in [1.29, 1.82) is 0 Å². The van der Waals surface area contributed by atoms with E-state index in [-0.39, 0.29) is 24.0 Å². The van der Waals surface area contributed by atoms with Crippen LogP contribution in [0.15, 0.2) is 18.2 Å². The van der Waals surface area contributed by atoms with Crippen molar-refractivity contribution in [2.24, 2.45) is 5.73 Å². The van der Waals surface area contributed by atoms with Gasteiger partial charge >= 0.3 is 6.18 Å². The third-order valence-electron chi connectivity index (χ3n) is 3.00. The Morgan fingerprint density at radius 1 is 1.24 bits per heavy atom. The van der Waals surface area contributed by atoms with Crippen molar-refractivity contribution >= 4 is 0 Å². The molecule has 0 aliphatic rings. The van der Waals surface area contributed by atoms with E-state index in [1.165, 1.54) is 4.57 Å². The van der Waals surface area contributed by atoms with Crippen molar-refractivity contribution in [3.8, 4) is 11.4 Å². The summed E-state index contributed by atoms with van der Waals surface area (Å²) in [5.74, 6) is -0.369. The van der Waals surface area contributed by atoms with E-state index < -0.39 is 17.6 Å². The first kappa shape index (κ1) is 15.4. The van der Waals surface area contributed by atoms with Gasteiger partial charge in [0, 0.05) is 6.04 Å². The van der Waals surface area contributed by atoms with Crippen molar-refractivity contribution in [3.63, 3.8) is 0 Å². The lowest BCUT2D eigenvalue weighted by Crippen LogP contribution is -2.12. The molecule has 0 saturated carbocycles. The lowest BCUT2D eigenvalue weighted by Gasteiger charge is -2.15. The molecule has 4 nitrogen and oxygen atoms in total. The highest BCUT2D eigenvalue weighted by Gasteiger charge is 2.32. The van der Waals surface area contributed by atoms with Gasteiger partial charge in [-0.1, -0.05) is 0 Å². The summed E-state index contributed by atoms with van der Waals surface area (Å²) in [5, 5.41) is 7.59. The Balaban J connectivity index is 2.64. The number of nitrogens with zero attached hydrogens (tertiary/aromatic N) is 3. The molecule has 0 aliphatic heterocycles. The van der Waals surface area contributed by atoms with E-state index in [0.29, 0.717) is 11.9 Å². The van der Waals surface area contributed by atoms with Crippen molar-refractivity contribution < 1.29 is 17.6 Å². The molecule has 1 aromatic heterocycles. The van der Waals surface area contributed by atoms with Crippen LogP contribution in [0, 0.1) is 5.82 Å². The molecule has 0 spiro atoms. The molecule has 1 heterocycles. The largest absolute Gasteiger partial charge is 0.416 e. The summed E-state index contributed by atoms with van der Waals surface area (Å²) in [6.07, 6.45) is -4.55. The van der Waals surface area contributed by atoms with Crippen LogP contribution < -0.4 is 5.73 Å². The second-order valence-corrected chi connectivity index (χ2v) is 4.80. The molecule has 21 heavy (non-hydrogen) atoms. The van der Waals surface area contributed by atoms with E-state index in [1.807, 2.05) is 0 Å². The van der Waals surface area contributed by atoms with Gasteiger partial charge in [0.15, 0.2) is 5.82 Å². The summed E-state index contributed by atoms with van der Waals surface area (Å²) in [6, 6.07) is 2.04. The first-order valence-electron chi connectivity index (χ1n) is 6.26. The maximum Gasteiger partial charge on any atom is 0.416 e. The smallest absolute Gasteiger partial charge is 0.324 e. The summed E-state index contributed by atoms with van der Waals surface area (Å²) in [4.78, 5) is 0. The predicted octanol–water partition coefficient (Wildman–Crippen LogP) is 3.14. The van der Waals surface area contributed by atoms with Crippen molar-refractivity contribution in [2.45, 2.75) is 32.6 Å². The van der Waals surface area contributed by atoms with E-state index in [9.17, 15) is 17.6 Å². The first-order valence-corrected chi connectivity index (χ1v) is 6.26. The lowest BCUT2D eigenvalue weighted by atomic mass is 10.1. The Morgan fingerprint density at radius 3 is 2.43 bits per heavy atom. The zero-order valence-electron chi connectivity index (χ0n) is 11.4. The Labute approximate surface area is 118 Å². The van der Waals surface area contributed by atoms with Crippen LogP contribution in [0.5, 0.6) is 0 Å². The van der Waals surface area contributed by atoms with Gasteiger partial charge < -0.3 is 10.3 Å². The van der Waals surface area contributed by atoms with Gasteiger partial charge in [-0.3, -0.25) is 0 Å². The minimum Gasteiger partial charge on any atom is -0.324 e. The third-order valence-corrected chi connectivity index (χ3v) is 3.00. The van der Waals surface area contributed by atoms with Crippen LogP contribution in [0.3, 0.4) is 0 Å². The van der Waals surface area contributed by atoms with Crippen molar-refractivity contribution in [1.82, 2.24) is 14.8 Å². The van der Waals surface area contributed by atoms with Crippen LogP contribution in [0.4, 0.5) is 17.6 Å². The summed E-state index contributed by atoms with van der Waals surface area (Å²) in [5.41, 5.74) is 4.34. The number of hydrogen-bond donors (Lipinski definition) is 1. The van der Waals surface area contributed by atoms with E-state index in [4.69, 9.17) is 5.73 Å². The molecule has 0 unspecified atom stereocenters. The zero-order chi connectivity index (χ0) is 15.8. The number of alkyl halides is 3. The maximum atomic E-state index is 13.9. The fourth-order valence-electron chi connectivity index (χ4n) is 2.06. The Kier molecular flexibility index (Phi) is 3.99. The molecule has 0 aliphatic carbocycles. The standard InChI is InChI=1S/C13H14F4N4/c1-7(2)21-11(6-18)19-20-12(21)9-5-8(13(15,16)17)3-4-10(9)14/h3-5,7H,6,18H2,1-2H3. The number of halogens is 4. The van der Waals surface area contributed by atoms with Crippen LogP contribution in [-0.2, 0) is 12.7 Å². The van der Waals surface area contributed by atoms with Gasteiger partial charge in [-0.15, -0.1) is 10.2 Å². The van der Waals surface area contributed by atoms with Crippen LogP contribution in [-0.4, -0.2) is 14.8 Å². The van der Waals surface area contributed by atoms with Crippen molar-refractivity contribution in [3.05, 3.63) is 35.4 Å². The molecule has 1 aromatic carbocycles. The van der Waals surface area contributed by atoms with Crippen LogP contribution in [0.25, 0.3) is 11.4 Å². The Hall–Kier alpha value is -1.96. The number of rotatable bonds is 3. The highest BCUT2D eigenvalue weighted by molar-refractivity contribution is 5.58. The zero-order valence-corrected chi connectivity index (χ0v) is 11.4. The molecular weight excluding hydrogens is 288 g/mol. The van der Waals surface area contributed by atoms with E-state index in [2.05, 4.69) is 10.2 Å². The molecular formula is C13H14F4N4. The van der Waals surface area contributed by atoms with E-state index in [1.54, 1.807) is 13.8 Å². The van der Waals surface area contributed by atoms with Gasteiger partial charge in [-0.2, -0.15) is 13.2 Å². The second kappa shape index (κ2) is 5.44. The highest BCUT2D eigenvalue weighted by Crippen LogP contribution is 2.33. The second-order valence-electron chi connectivity index (χ2n) is 4.80. The maximum absolute atomic E-state index is 13.9. The number of benzene rings is 1. The SMILES string of the molecule is CC(C)n1c(CN)nnc1-c1cc(C(F)(F)F)ccc1F. The van der Waals surface area contributed by atoms with E-state index in [0.717, 1.165) is 12.1 Å². The summed E-state index contributed by atoms with van der Waals surface area (Å²) < 4.78 is 53.7. The fraction of sp³-hybridized carbons (Fsp3) is 0.385. The van der Waals surface area contributed by atoms with Gasteiger partial charge in [0.2, 0.25) is 0 Å². The quantitative estimate of drug-likeness (QED) is 0.886. The molecule has 0 radical (unpaired) electrons. The molecule has 0 fully saturated rings. The third kappa shape index (κ3) is 2.90. The molecule has 2 rings (SSSR count). The Morgan fingerprint density at radius 2 is 1.90 bits per heavy atom. The average molecular weight is 302 g/mol. The Bertz CT molecular complexity index is 646. The van der Waals surface area contributed by atoms with Gasteiger partial charge in [-0.05, 0) is 32.0 Å². The molecule has 0 atom stereocenters. The summed E-state index contributed by atoms with van der Waals surface area (Å²) in [7, 11) is 0. The van der Waals surface area contributed by atoms with Gasteiger partial charge in [0.25, 0.3) is 0 Å².